The SMILES string of the molecule is C[C@@H]1C[C@@](O)(N(C)C)[C@@H](O)C(O)O1. The molecule has 4 atom stereocenters. The molecular weight excluding hydrogens is 174 g/mol. The van der Waals surface area contributed by atoms with Crippen LogP contribution in [-0.4, -0.2) is 58.5 Å². The van der Waals surface area contributed by atoms with E-state index < -0.39 is 18.1 Å². The van der Waals surface area contributed by atoms with Crippen LogP contribution in [0.25, 0.3) is 0 Å². The van der Waals surface area contributed by atoms with E-state index in [1.54, 1.807) is 21.0 Å². The third-order valence-electron chi connectivity index (χ3n) is 2.48. The fraction of sp³-hybridized carbons (Fsp3) is 1.00. The molecule has 1 rings (SSSR count). The Morgan fingerprint density at radius 3 is 2.38 bits per heavy atom. The first-order valence-corrected chi connectivity index (χ1v) is 4.29. The predicted octanol–water partition coefficient (Wildman–Crippen LogP) is -1.28. The molecule has 78 valence electrons. The van der Waals surface area contributed by atoms with Crippen molar-refractivity contribution in [1.82, 2.24) is 4.90 Å². The standard InChI is InChI=1S/C8H17NO4/c1-5-4-8(12,9(2)3)6(10)7(11)13-5/h5-7,10-12H,4H2,1-3H3/t5-,6+,7?,8+/m1/s1. The fourth-order valence-corrected chi connectivity index (χ4v) is 1.58. The van der Waals surface area contributed by atoms with Crippen LogP contribution >= 0.6 is 0 Å². The summed E-state index contributed by atoms with van der Waals surface area (Å²) in [6.07, 6.45) is -2.61. The molecule has 0 radical (unpaired) electrons. The van der Waals surface area contributed by atoms with E-state index in [4.69, 9.17) is 4.74 Å². The molecule has 0 saturated carbocycles. The summed E-state index contributed by atoms with van der Waals surface area (Å²) in [5.74, 6) is 0. The van der Waals surface area contributed by atoms with E-state index in [-0.39, 0.29) is 12.5 Å². The van der Waals surface area contributed by atoms with Crippen molar-refractivity contribution in [1.29, 1.82) is 0 Å². The Kier molecular flexibility index (Phi) is 2.94. The molecule has 5 heteroatoms. The number of rotatable bonds is 1. The van der Waals surface area contributed by atoms with Crippen LogP contribution in [0.1, 0.15) is 13.3 Å². The van der Waals surface area contributed by atoms with Gasteiger partial charge in [-0.2, -0.15) is 0 Å². The molecule has 0 spiro atoms. The van der Waals surface area contributed by atoms with Crippen LogP contribution in [-0.2, 0) is 4.74 Å². The molecule has 1 unspecified atom stereocenters. The van der Waals surface area contributed by atoms with Crippen molar-refractivity contribution in [2.75, 3.05) is 14.1 Å². The normalized spacial score (nSPS) is 46.8. The first-order valence-electron chi connectivity index (χ1n) is 4.29. The second kappa shape index (κ2) is 3.51. The van der Waals surface area contributed by atoms with Gasteiger partial charge in [0.2, 0.25) is 0 Å². The van der Waals surface area contributed by atoms with Crippen molar-refractivity contribution in [3.63, 3.8) is 0 Å². The van der Waals surface area contributed by atoms with Gasteiger partial charge in [0, 0.05) is 6.42 Å². The Bertz CT molecular complexity index is 187. The molecule has 1 aliphatic heterocycles. The smallest absolute Gasteiger partial charge is 0.185 e. The first kappa shape index (κ1) is 10.9. The van der Waals surface area contributed by atoms with Gasteiger partial charge in [-0.1, -0.05) is 0 Å². The zero-order valence-electron chi connectivity index (χ0n) is 8.14. The zero-order valence-corrected chi connectivity index (χ0v) is 8.14. The van der Waals surface area contributed by atoms with Crippen LogP contribution in [0, 0.1) is 0 Å². The summed E-state index contributed by atoms with van der Waals surface area (Å²) in [6, 6.07) is 0. The molecule has 0 aromatic rings. The molecule has 0 aliphatic carbocycles. The van der Waals surface area contributed by atoms with E-state index in [1.165, 1.54) is 4.90 Å². The van der Waals surface area contributed by atoms with Crippen LogP contribution in [0.5, 0.6) is 0 Å². The molecule has 1 heterocycles. The van der Waals surface area contributed by atoms with Crippen molar-refractivity contribution >= 4 is 0 Å². The van der Waals surface area contributed by atoms with Crippen molar-refractivity contribution in [2.45, 2.75) is 37.6 Å². The summed E-state index contributed by atoms with van der Waals surface area (Å²) in [5.41, 5.74) is -1.41. The van der Waals surface area contributed by atoms with Gasteiger partial charge in [-0.25, -0.2) is 0 Å². The van der Waals surface area contributed by atoms with E-state index in [2.05, 4.69) is 0 Å². The Morgan fingerprint density at radius 2 is 1.92 bits per heavy atom. The Balaban J connectivity index is 2.82. The van der Waals surface area contributed by atoms with Crippen LogP contribution in [0.15, 0.2) is 0 Å². The summed E-state index contributed by atoms with van der Waals surface area (Å²) >= 11 is 0. The maximum absolute atomic E-state index is 9.99. The third-order valence-corrected chi connectivity index (χ3v) is 2.48. The van der Waals surface area contributed by atoms with Gasteiger partial charge >= 0.3 is 0 Å². The lowest BCUT2D eigenvalue weighted by Crippen LogP contribution is -2.63. The fourth-order valence-electron chi connectivity index (χ4n) is 1.58. The molecule has 5 nitrogen and oxygen atoms in total. The molecule has 1 aliphatic rings. The third kappa shape index (κ3) is 1.84. The summed E-state index contributed by atoms with van der Waals surface area (Å²) in [7, 11) is 3.29. The summed E-state index contributed by atoms with van der Waals surface area (Å²) in [4.78, 5) is 1.49. The molecule has 0 aromatic heterocycles. The number of ether oxygens (including phenoxy) is 1. The van der Waals surface area contributed by atoms with E-state index in [0.29, 0.717) is 0 Å². The van der Waals surface area contributed by atoms with Gasteiger partial charge in [-0.05, 0) is 21.0 Å². The molecule has 13 heavy (non-hydrogen) atoms. The zero-order chi connectivity index (χ0) is 10.2. The maximum atomic E-state index is 9.99. The molecule has 0 amide bonds. The summed E-state index contributed by atoms with van der Waals surface area (Å²) in [5, 5.41) is 28.8. The maximum Gasteiger partial charge on any atom is 0.185 e. The van der Waals surface area contributed by atoms with E-state index >= 15 is 0 Å². The van der Waals surface area contributed by atoms with Crippen LogP contribution in [0.2, 0.25) is 0 Å². The van der Waals surface area contributed by atoms with Gasteiger partial charge in [-0.3, -0.25) is 4.90 Å². The number of nitrogens with zero attached hydrogens (tertiary/aromatic N) is 1. The Morgan fingerprint density at radius 1 is 1.38 bits per heavy atom. The summed E-state index contributed by atoms with van der Waals surface area (Å²) < 4.78 is 4.96. The van der Waals surface area contributed by atoms with Crippen molar-refractivity contribution in [2.24, 2.45) is 0 Å². The van der Waals surface area contributed by atoms with E-state index in [9.17, 15) is 15.3 Å². The highest BCUT2D eigenvalue weighted by molar-refractivity contribution is 4.91. The lowest BCUT2D eigenvalue weighted by molar-refractivity contribution is -0.307. The number of hydrogen-bond donors (Lipinski definition) is 3. The first-order chi connectivity index (χ1) is 5.88. The summed E-state index contributed by atoms with van der Waals surface area (Å²) in [6.45, 7) is 1.74. The highest BCUT2D eigenvalue weighted by atomic mass is 16.6. The van der Waals surface area contributed by atoms with Gasteiger partial charge in [0.1, 0.15) is 6.10 Å². The minimum atomic E-state index is -1.41. The van der Waals surface area contributed by atoms with Crippen molar-refractivity contribution in [3.8, 4) is 0 Å². The van der Waals surface area contributed by atoms with E-state index in [1.807, 2.05) is 0 Å². The highest BCUT2D eigenvalue weighted by Crippen LogP contribution is 2.29. The van der Waals surface area contributed by atoms with Gasteiger partial charge in [0.25, 0.3) is 0 Å². The second-order valence-corrected chi connectivity index (χ2v) is 3.76. The van der Waals surface area contributed by atoms with Gasteiger partial charge in [0.15, 0.2) is 12.0 Å². The number of likely N-dealkylation sites (N-methyl/N-ethyl adjacent to an activating group) is 1. The van der Waals surface area contributed by atoms with Crippen LogP contribution < -0.4 is 0 Å². The molecule has 1 saturated heterocycles. The number of aliphatic hydroxyl groups excluding tert-OH is 2. The molecular formula is C8H17NO4. The minimum absolute atomic E-state index is 0.272. The molecule has 3 N–H and O–H groups in total. The van der Waals surface area contributed by atoms with Gasteiger partial charge in [0.05, 0.1) is 6.10 Å². The van der Waals surface area contributed by atoms with Crippen molar-refractivity contribution < 1.29 is 20.1 Å². The highest BCUT2D eigenvalue weighted by Gasteiger charge is 2.48. The quantitative estimate of drug-likeness (QED) is 0.450. The topological polar surface area (TPSA) is 73.2 Å². The average Bonchev–Trinajstić information content (AvgIpc) is 1.99. The monoisotopic (exact) mass is 191 g/mol. The number of hydrogen-bond acceptors (Lipinski definition) is 5. The van der Waals surface area contributed by atoms with E-state index in [0.717, 1.165) is 0 Å². The molecule has 0 bridgehead atoms. The Labute approximate surface area is 77.5 Å². The van der Waals surface area contributed by atoms with Gasteiger partial charge in [-0.15, -0.1) is 0 Å². The Hall–Kier alpha value is -0.200. The predicted molar refractivity (Wildman–Crippen MR) is 45.8 cm³/mol. The van der Waals surface area contributed by atoms with Crippen LogP contribution in [0.3, 0.4) is 0 Å². The number of aliphatic hydroxyl groups is 3. The largest absolute Gasteiger partial charge is 0.383 e. The minimum Gasteiger partial charge on any atom is -0.383 e. The lowest BCUT2D eigenvalue weighted by Gasteiger charge is -2.45. The molecule has 1 fully saturated rings. The molecule has 0 aromatic carbocycles. The lowest BCUT2D eigenvalue weighted by atomic mass is 9.95. The van der Waals surface area contributed by atoms with Crippen LogP contribution in [0.4, 0.5) is 0 Å². The van der Waals surface area contributed by atoms with Gasteiger partial charge < -0.3 is 20.1 Å². The van der Waals surface area contributed by atoms with Crippen molar-refractivity contribution in [3.05, 3.63) is 0 Å². The average molecular weight is 191 g/mol. The second-order valence-electron chi connectivity index (χ2n) is 3.76.